The van der Waals surface area contributed by atoms with Crippen LogP contribution in [-0.2, 0) is 13.2 Å². The summed E-state index contributed by atoms with van der Waals surface area (Å²) in [7, 11) is 5.24. The molecule has 0 amide bonds. The van der Waals surface area contributed by atoms with E-state index in [4.69, 9.17) is 9.47 Å². The number of aryl methyl sites for hydroxylation is 1. The molecule has 3 aromatic rings. The zero-order chi connectivity index (χ0) is 18.5. The summed E-state index contributed by atoms with van der Waals surface area (Å²) in [5.74, 6) is 1.86. The average molecular weight is 353 g/mol. The molecule has 0 aliphatic heterocycles. The van der Waals surface area contributed by atoms with Gasteiger partial charge < -0.3 is 9.47 Å². The summed E-state index contributed by atoms with van der Waals surface area (Å²) in [5, 5.41) is 12.8. The van der Waals surface area contributed by atoms with Crippen LogP contribution in [0.25, 0.3) is 11.4 Å². The van der Waals surface area contributed by atoms with Gasteiger partial charge in [0.25, 0.3) is 0 Å². The fourth-order valence-corrected chi connectivity index (χ4v) is 2.67. The van der Waals surface area contributed by atoms with Gasteiger partial charge in [0, 0.05) is 12.1 Å². The smallest absolute Gasteiger partial charge is 0.205 e. The molecule has 0 atom stereocenters. The van der Waals surface area contributed by atoms with Crippen LogP contribution in [-0.4, -0.2) is 46.4 Å². The van der Waals surface area contributed by atoms with Crippen molar-refractivity contribution in [3.63, 3.8) is 0 Å². The molecule has 0 aliphatic rings. The second-order valence-corrected chi connectivity index (χ2v) is 6.20. The molecule has 2 aromatic carbocycles. The molecule has 0 saturated heterocycles. The van der Waals surface area contributed by atoms with Crippen LogP contribution >= 0.6 is 0 Å². The minimum absolute atomic E-state index is 0.550. The van der Waals surface area contributed by atoms with Crippen LogP contribution in [0.3, 0.4) is 0 Å². The van der Waals surface area contributed by atoms with Crippen molar-refractivity contribution in [3.8, 4) is 22.9 Å². The number of methoxy groups -OCH3 is 2. The molecule has 0 saturated carbocycles. The van der Waals surface area contributed by atoms with E-state index in [1.54, 1.807) is 19.0 Å². The van der Waals surface area contributed by atoms with Crippen molar-refractivity contribution in [2.45, 2.75) is 20.1 Å². The molecular weight excluding hydrogens is 330 g/mol. The van der Waals surface area contributed by atoms with E-state index in [9.17, 15) is 0 Å². The van der Waals surface area contributed by atoms with Crippen LogP contribution in [0, 0.1) is 6.92 Å². The Balaban J connectivity index is 1.68. The fourth-order valence-electron chi connectivity index (χ4n) is 2.67. The number of hydrogen-bond donors (Lipinski definition) is 0. The summed E-state index contributed by atoms with van der Waals surface area (Å²) in [6, 6.07) is 14.1. The van der Waals surface area contributed by atoms with Crippen molar-refractivity contribution in [2.75, 3.05) is 21.3 Å². The van der Waals surface area contributed by atoms with Crippen LogP contribution in [0.1, 0.15) is 11.1 Å². The topological polar surface area (TPSA) is 65.3 Å². The Morgan fingerprint density at radius 1 is 1.00 bits per heavy atom. The van der Waals surface area contributed by atoms with Gasteiger partial charge in [-0.2, -0.15) is 0 Å². The molecule has 3 rings (SSSR count). The van der Waals surface area contributed by atoms with Gasteiger partial charge in [0.05, 0.1) is 14.2 Å². The van der Waals surface area contributed by atoms with Crippen molar-refractivity contribution < 1.29 is 9.47 Å². The van der Waals surface area contributed by atoms with Gasteiger partial charge in [-0.25, -0.2) is 0 Å². The molecule has 26 heavy (non-hydrogen) atoms. The molecule has 0 unspecified atom stereocenters. The van der Waals surface area contributed by atoms with Gasteiger partial charge >= 0.3 is 0 Å². The molecule has 0 fully saturated rings. The van der Waals surface area contributed by atoms with Crippen LogP contribution < -0.4 is 9.47 Å². The van der Waals surface area contributed by atoms with Crippen molar-refractivity contribution in [3.05, 3.63) is 53.6 Å². The van der Waals surface area contributed by atoms with Crippen LogP contribution in [0.5, 0.6) is 11.5 Å². The van der Waals surface area contributed by atoms with Crippen LogP contribution in [0.2, 0.25) is 0 Å². The van der Waals surface area contributed by atoms with E-state index in [0.717, 1.165) is 12.1 Å². The van der Waals surface area contributed by atoms with Gasteiger partial charge in [0.2, 0.25) is 5.82 Å². The molecule has 7 nitrogen and oxygen atoms in total. The van der Waals surface area contributed by atoms with E-state index in [2.05, 4.69) is 51.5 Å². The van der Waals surface area contributed by atoms with Crippen molar-refractivity contribution >= 4 is 0 Å². The molecular formula is C19H23N5O2. The number of ether oxygens (including phenoxy) is 2. The lowest BCUT2D eigenvalue weighted by molar-refractivity contribution is 0.227. The monoisotopic (exact) mass is 353 g/mol. The average Bonchev–Trinajstić information content (AvgIpc) is 3.11. The Morgan fingerprint density at radius 3 is 2.42 bits per heavy atom. The number of benzene rings is 2. The lowest BCUT2D eigenvalue weighted by Gasteiger charge is -2.15. The van der Waals surface area contributed by atoms with Gasteiger partial charge in [-0.1, -0.05) is 29.8 Å². The molecule has 0 radical (unpaired) electrons. The predicted octanol–water partition coefficient (Wildman–Crippen LogP) is 2.76. The molecule has 0 bridgehead atoms. The number of tetrazole rings is 1. The highest BCUT2D eigenvalue weighted by molar-refractivity contribution is 5.60. The van der Waals surface area contributed by atoms with Gasteiger partial charge in [-0.15, -0.1) is 15.0 Å². The molecule has 0 spiro atoms. The Morgan fingerprint density at radius 2 is 1.73 bits per heavy atom. The molecule has 1 aromatic heterocycles. The summed E-state index contributed by atoms with van der Waals surface area (Å²) in [6.07, 6.45) is 0. The zero-order valence-electron chi connectivity index (χ0n) is 15.5. The minimum Gasteiger partial charge on any atom is -0.493 e. The lowest BCUT2D eigenvalue weighted by Crippen LogP contribution is -2.23. The van der Waals surface area contributed by atoms with E-state index in [1.807, 2.05) is 25.2 Å². The van der Waals surface area contributed by atoms with Gasteiger partial charge in [-0.05, 0) is 42.9 Å². The second-order valence-electron chi connectivity index (χ2n) is 6.20. The van der Waals surface area contributed by atoms with E-state index >= 15 is 0 Å². The summed E-state index contributed by atoms with van der Waals surface area (Å²) in [4.78, 5) is 3.71. The molecule has 136 valence electrons. The van der Waals surface area contributed by atoms with Gasteiger partial charge in [0.15, 0.2) is 11.5 Å². The van der Waals surface area contributed by atoms with Gasteiger partial charge in [0.1, 0.15) is 6.67 Å². The van der Waals surface area contributed by atoms with E-state index < -0.39 is 0 Å². The number of hydrogen-bond acceptors (Lipinski definition) is 6. The number of nitrogens with zero attached hydrogens (tertiary/aromatic N) is 5. The van der Waals surface area contributed by atoms with Crippen molar-refractivity contribution in [2.24, 2.45) is 0 Å². The van der Waals surface area contributed by atoms with E-state index in [-0.39, 0.29) is 0 Å². The third-order valence-electron chi connectivity index (χ3n) is 4.04. The Bertz CT molecular complexity index is 861. The van der Waals surface area contributed by atoms with Crippen molar-refractivity contribution in [1.82, 2.24) is 25.1 Å². The van der Waals surface area contributed by atoms with Crippen molar-refractivity contribution in [1.29, 1.82) is 0 Å². The highest BCUT2D eigenvalue weighted by Crippen LogP contribution is 2.30. The number of aromatic nitrogens is 4. The van der Waals surface area contributed by atoms with Crippen LogP contribution in [0.4, 0.5) is 0 Å². The highest BCUT2D eigenvalue weighted by Gasteiger charge is 2.11. The van der Waals surface area contributed by atoms with E-state index in [1.165, 1.54) is 11.1 Å². The Hall–Kier alpha value is -2.93. The quantitative estimate of drug-likeness (QED) is 0.651. The Labute approximate surface area is 153 Å². The predicted molar refractivity (Wildman–Crippen MR) is 99.0 cm³/mol. The van der Waals surface area contributed by atoms with Gasteiger partial charge in [-0.3, -0.25) is 4.90 Å². The normalized spacial score (nSPS) is 11.0. The maximum absolute atomic E-state index is 5.33. The lowest BCUT2D eigenvalue weighted by atomic mass is 10.1. The Kier molecular flexibility index (Phi) is 5.48. The third-order valence-corrected chi connectivity index (χ3v) is 4.04. The maximum atomic E-state index is 5.33. The SMILES string of the molecule is COc1ccc(-c2nnn(CN(C)Cc3ccc(C)cc3)n2)cc1OC. The largest absolute Gasteiger partial charge is 0.493 e. The van der Waals surface area contributed by atoms with E-state index in [0.29, 0.717) is 24.0 Å². The maximum Gasteiger partial charge on any atom is 0.205 e. The molecule has 7 heteroatoms. The summed E-state index contributed by atoms with van der Waals surface area (Å²) >= 11 is 0. The first kappa shape index (κ1) is 17.9. The molecule has 0 aliphatic carbocycles. The molecule has 1 heterocycles. The standard InChI is InChI=1S/C19H23N5O2/c1-14-5-7-15(8-6-14)12-23(2)13-24-21-19(20-22-24)16-9-10-17(25-3)18(11-16)26-4/h5-11H,12-13H2,1-4H3. The first-order valence-corrected chi connectivity index (χ1v) is 8.33. The first-order valence-electron chi connectivity index (χ1n) is 8.33. The second kappa shape index (κ2) is 7.97. The summed E-state index contributed by atoms with van der Waals surface area (Å²) < 4.78 is 10.6. The fraction of sp³-hybridized carbons (Fsp3) is 0.316. The molecule has 0 N–H and O–H groups in total. The summed E-state index contributed by atoms with van der Waals surface area (Å²) in [5.41, 5.74) is 3.34. The van der Waals surface area contributed by atoms with Crippen LogP contribution in [0.15, 0.2) is 42.5 Å². The minimum atomic E-state index is 0.550. The highest BCUT2D eigenvalue weighted by atomic mass is 16.5. The zero-order valence-corrected chi connectivity index (χ0v) is 15.5. The first-order chi connectivity index (χ1) is 12.6. The number of rotatable bonds is 7. The summed E-state index contributed by atoms with van der Waals surface area (Å²) in [6.45, 7) is 3.45. The third kappa shape index (κ3) is 4.18.